The predicted molar refractivity (Wildman–Crippen MR) is 85.0 cm³/mol. The van der Waals surface area contributed by atoms with E-state index in [1.165, 1.54) is 0 Å². The van der Waals surface area contributed by atoms with Crippen LogP contribution in [0.4, 0.5) is 11.4 Å². The van der Waals surface area contributed by atoms with Gasteiger partial charge in [-0.1, -0.05) is 36.4 Å². The van der Waals surface area contributed by atoms with Gasteiger partial charge in [0.25, 0.3) is 0 Å². The number of benzene rings is 2. The molecule has 0 radical (unpaired) electrons. The Morgan fingerprint density at radius 1 is 0.800 bits per heavy atom. The molecule has 2 rings (SSSR count). The molecule has 0 aliphatic heterocycles. The van der Waals surface area contributed by atoms with E-state index in [4.69, 9.17) is 0 Å². The summed E-state index contributed by atoms with van der Waals surface area (Å²) in [7, 11) is 7.90. The van der Waals surface area contributed by atoms with Crippen molar-refractivity contribution in [3.05, 3.63) is 59.7 Å². The summed E-state index contributed by atoms with van der Waals surface area (Å²) >= 11 is 0. The van der Waals surface area contributed by atoms with E-state index in [0.29, 0.717) is 5.56 Å². The van der Waals surface area contributed by atoms with Crippen molar-refractivity contribution < 1.29 is 4.79 Å². The molecule has 0 aliphatic rings. The summed E-state index contributed by atoms with van der Waals surface area (Å²) in [4.78, 5) is 16.7. The molecule has 0 N–H and O–H groups in total. The average molecular weight is 268 g/mol. The summed E-state index contributed by atoms with van der Waals surface area (Å²) in [6.45, 7) is 0. The van der Waals surface area contributed by atoms with Gasteiger partial charge in [0.05, 0.1) is 11.4 Å². The van der Waals surface area contributed by atoms with Crippen LogP contribution in [0.2, 0.25) is 0 Å². The van der Waals surface area contributed by atoms with Crippen molar-refractivity contribution in [2.24, 2.45) is 0 Å². The van der Waals surface area contributed by atoms with Crippen LogP contribution in [0.25, 0.3) is 0 Å². The quantitative estimate of drug-likeness (QED) is 0.796. The van der Waals surface area contributed by atoms with Crippen LogP contribution < -0.4 is 9.80 Å². The van der Waals surface area contributed by atoms with E-state index in [-0.39, 0.29) is 5.78 Å². The van der Waals surface area contributed by atoms with Gasteiger partial charge in [0.1, 0.15) is 0 Å². The number of anilines is 2. The largest absolute Gasteiger partial charge is 0.376 e. The maximum Gasteiger partial charge on any atom is 0.195 e. The highest BCUT2D eigenvalue weighted by atomic mass is 16.1. The monoisotopic (exact) mass is 268 g/mol. The van der Waals surface area contributed by atoms with Crippen LogP contribution >= 0.6 is 0 Å². The Hall–Kier alpha value is -2.29. The zero-order valence-corrected chi connectivity index (χ0v) is 12.4. The lowest BCUT2D eigenvalue weighted by atomic mass is 10.00. The second-order valence-corrected chi connectivity index (χ2v) is 5.16. The van der Waals surface area contributed by atoms with Crippen molar-refractivity contribution in [2.45, 2.75) is 0 Å². The van der Waals surface area contributed by atoms with Gasteiger partial charge in [0, 0.05) is 39.3 Å². The van der Waals surface area contributed by atoms with E-state index < -0.39 is 0 Å². The summed E-state index contributed by atoms with van der Waals surface area (Å²) in [5, 5.41) is 0. The molecule has 0 saturated heterocycles. The van der Waals surface area contributed by atoms with E-state index in [0.717, 1.165) is 16.9 Å². The van der Waals surface area contributed by atoms with Crippen molar-refractivity contribution in [1.29, 1.82) is 0 Å². The molecule has 0 bridgehead atoms. The van der Waals surface area contributed by atoms with Gasteiger partial charge in [-0.25, -0.2) is 0 Å². The lowest BCUT2D eigenvalue weighted by Crippen LogP contribution is -2.20. The number of rotatable bonds is 4. The van der Waals surface area contributed by atoms with E-state index in [2.05, 4.69) is 0 Å². The first kappa shape index (κ1) is 14.1. The Balaban J connectivity index is 2.57. The van der Waals surface area contributed by atoms with Gasteiger partial charge in [-0.15, -0.1) is 0 Å². The molecule has 0 aromatic heterocycles. The standard InChI is InChI=1S/C17H20N2O/c1-18(2)15-12-8-11-14(16(15)19(3)4)17(20)13-9-6-5-7-10-13/h5-12H,1-4H3. The Morgan fingerprint density at radius 2 is 1.45 bits per heavy atom. The molecule has 0 aliphatic carbocycles. The minimum absolute atomic E-state index is 0.0537. The van der Waals surface area contributed by atoms with Gasteiger partial charge < -0.3 is 9.80 Å². The minimum Gasteiger partial charge on any atom is -0.376 e. The van der Waals surface area contributed by atoms with Crippen molar-refractivity contribution >= 4 is 17.2 Å². The van der Waals surface area contributed by atoms with Crippen molar-refractivity contribution in [1.82, 2.24) is 0 Å². The first-order valence-corrected chi connectivity index (χ1v) is 6.59. The smallest absolute Gasteiger partial charge is 0.195 e. The summed E-state index contributed by atoms with van der Waals surface area (Å²) < 4.78 is 0. The van der Waals surface area contributed by atoms with Gasteiger partial charge >= 0.3 is 0 Å². The number of nitrogens with zero attached hydrogens (tertiary/aromatic N) is 2. The Labute approximate surface area is 120 Å². The third-order valence-electron chi connectivity index (χ3n) is 3.22. The second kappa shape index (κ2) is 5.78. The maximum absolute atomic E-state index is 12.7. The fourth-order valence-electron chi connectivity index (χ4n) is 2.29. The van der Waals surface area contributed by atoms with Gasteiger partial charge in [-0.05, 0) is 12.1 Å². The lowest BCUT2D eigenvalue weighted by molar-refractivity contribution is 0.103. The van der Waals surface area contributed by atoms with E-state index in [1.54, 1.807) is 0 Å². The molecule has 0 atom stereocenters. The first-order valence-electron chi connectivity index (χ1n) is 6.59. The fourth-order valence-corrected chi connectivity index (χ4v) is 2.29. The molecule has 3 heteroatoms. The highest BCUT2D eigenvalue weighted by Crippen LogP contribution is 2.32. The molecule has 0 spiro atoms. The van der Waals surface area contributed by atoms with Gasteiger partial charge in [-0.3, -0.25) is 4.79 Å². The highest BCUT2D eigenvalue weighted by molar-refractivity contribution is 6.13. The Bertz CT molecular complexity index is 604. The fraction of sp³-hybridized carbons (Fsp3) is 0.235. The molecule has 3 nitrogen and oxygen atoms in total. The molecule has 0 fully saturated rings. The number of carbonyl (C=O) groups excluding carboxylic acids is 1. The normalized spacial score (nSPS) is 10.2. The second-order valence-electron chi connectivity index (χ2n) is 5.16. The van der Waals surface area contributed by atoms with Crippen LogP contribution in [-0.4, -0.2) is 34.0 Å². The SMILES string of the molecule is CN(C)c1cccc(C(=O)c2ccccc2)c1N(C)C. The zero-order valence-electron chi connectivity index (χ0n) is 12.4. The highest BCUT2D eigenvalue weighted by Gasteiger charge is 2.18. The number of carbonyl (C=O) groups is 1. The topological polar surface area (TPSA) is 23.6 Å². The molecule has 0 unspecified atom stereocenters. The van der Waals surface area contributed by atoms with Crippen LogP contribution in [0.15, 0.2) is 48.5 Å². The molecular weight excluding hydrogens is 248 g/mol. The number of para-hydroxylation sites is 1. The van der Waals surface area contributed by atoms with Crippen molar-refractivity contribution in [2.75, 3.05) is 38.0 Å². The first-order chi connectivity index (χ1) is 9.52. The Kier molecular flexibility index (Phi) is 4.08. The number of hydrogen-bond donors (Lipinski definition) is 0. The van der Waals surface area contributed by atoms with Gasteiger partial charge in [0.2, 0.25) is 0 Å². The van der Waals surface area contributed by atoms with E-state index in [1.807, 2.05) is 86.5 Å². The average Bonchev–Trinajstić information content (AvgIpc) is 2.46. The summed E-state index contributed by atoms with van der Waals surface area (Å²) in [6, 6.07) is 15.2. The lowest BCUT2D eigenvalue weighted by Gasteiger charge is -2.25. The van der Waals surface area contributed by atoms with Gasteiger partial charge in [0.15, 0.2) is 5.78 Å². The maximum atomic E-state index is 12.7. The summed E-state index contributed by atoms with van der Waals surface area (Å²) in [6.07, 6.45) is 0. The third-order valence-corrected chi connectivity index (χ3v) is 3.22. The molecule has 0 saturated carbocycles. The van der Waals surface area contributed by atoms with Crippen molar-refractivity contribution in [3.8, 4) is 0 Å². The van der Waals surface area contributed by atoms with Crippen LogP contribution in [-0.2, 0) is 0 Å². The summed E-state index contributed by atoms with van der Waals surface area (Å²) in [5.41, 5.74) is 3.43. The van der Waals surface area contributed by atoms with Crippen LogP contribution in [0.5, 0.6) is 0 Å². The molecule has 2 aromatic carbocycles. The molecule has 0 heterocycles. The van der Waals surface area contributed by atoms with E-state index >= 15 is 0 Å². The number of hydrogen-bond acceptors (Lipinski definition) is 3. The van der Waals surface area contributed by atoms with Crippen molar-refractivity contribution in [3.63, 3.8) is 0 Å². The van der Waals surface area contributed by atoms with Crippen LogP contribution in [0, 0.1) is 0 Å². The Morgan fingerprint density at radius 3 is 2.00 bits per heavy atom. The van der Waals surface area contributed by atoms with Crippen LogP contribution in [0.1, 0.15) is 15.9 Å². The van der Waals surface area contributed by atoms with Crippen LogP contribution in [0.3, 0.4) is 0 Å². The van der Waals surface area contributed by atoms with Gasteiger partial charge in [-0.2, -0.15) is 0 Å². The predicted octanol–water partition coefficient (Wildman–Crippen LogP) is 3.05. The molecule has 2 aromatic rings. The molecule has 0 amide bonds. The minimum atomic E-state index is 0.0537. The zero-order chi connectivity index (χ0) is 14.7. The summed E-state index contributed by atoms with van der Waals surface area (Å²) in [5.74, 6) is 0.0537. The number of ketones is 1. The molecule has 104 valence electrons. The van der Waals surface area contributed by atoms with E-state index in [9.17, 15) is 4.79 Å². The molecular formula is C17H20N2O. The third kappa shape index (κ3) is 2.67. The molecule has 20 heavy (non-hydrogen) atoms.